The van der Waals surface area contributed by atoms with Gasteiger partial charge in [0.05, 0.1) is 5.69 Å². The maximum atomic E-state index is 12.8. The zero-order valence-electron chi connectivity index (χ0n) is 15.8. The highest BCUT2D eigenvalue weighted by Gasteiger charge is 2.19. The maximum Gasteiger partial charge on any atom is 0.295 e. The molecule has 3 aromatic carbocycles. The van der Waals surface area contributed by atoms with E-state index in [9.17, 15) is 4.79 Å². The number of carbonyl (C=O) groups excluding carboxylic acids is 1. The van der Waals surface area contributed by atoms with E-state index in [0.29, 0.717) is 5.82 Å². The van der Waals surface area contributed by atoms with Crippen LogP contribution in [0.4, 0.5) is 5.69 Å². The normalized spacial score (nSPS) is 10.6. The molecule has 0 aliphatic heterocycles. The fraction of sp³-hybridized carbons (Fsp3) is 0.0870. The van der Waals surface area contributed by atoms with Crippen molar-refractivity contribution < 1.29 is 4.79 Å². The molecule has 0 bridgehead atoms. The molecule has 0 atom stereocenters. The number of para-hydroxylation sites is 2. The van der Waals surface area contributed by atoms with E-state index in [0.717, 1.165) is 28.1 Å². The molecule has 0 spiro atoms. The highest BCUT2D eigenvalue weighted by Crippen LogP contribution is 2.23. The van der Waals surface area contributed by atoms with E-state index in [-0.39, 0.29) is 11.7 Å². The first-order chi connectivity index (χ1) is 13.6. The summed E-state index contributed by atoms with van der Waals surface area (Å²) in [7, 11) is 0. The number of nitrogens with one attached hydrogen (secondary N) is 1. The van der Waals surface area contributed by atoms with Crippen molar-refractivity contribution in [3.8, 4) is 17.1 Å². The molecule has 4 aromatic rings. The summed E-state index contributed by atoms with van der Waals surface area (Å²) in [6.45, 7) is 3.97. The van der Waals surface area contributed by atoms with Crippen molar-refractivity contribution in [3.63, 3.8) is 0 Å². The van der Waals surface area contributed by atoms with Gasteiger partial charge in [0.25, 0.3) is 5.91 Å². The van der Waals surface area contributed by atoms with Gasteiger partial charge in [-0.15, -0.1) is 5.10 Å². The Morgan fingerprint density at radius 2 is 1.64 bits per heavy atom. The molecule has 28 heavy (non-hydrogen) atoms. The lowest BCUT2D eigenvalue weighted by Gasteiger charge is -2.06. The van der Waals surface area contributed by atoms with Crippen LogP contribution in [-0.4, -0.2) is 20.7 Å². The number of anilines is 1. The molecule has 1 amide bonds. The predicted molar refractivity (Wildman–Crippen MR) is 111 cm³/mol. The molecule has 1 aromatic heterocycles. The van der Waals surface area contributed by atoms with Gasteiger partial charge in [-0.1, -0.05) is 60.2 Å². The monoisotopic (exact) mass is 368 g/mol. The Bertz CT molecular complexity index is 1130. The van der Waals surface area contributed by atoms with Crippen molar-refractivity contribution >= 4 is 11.6 Å². The molecule has 5 nitrogen and oxygen atoms in total. The summed E-state index contributed by atoms with van der Waals surface area (Å²) in [6.07, 6.45) is 0. The number of hydrogen-bond acceptors (Lipinski definition) is 3. The van der Waals surface area contributed by atoms with E-state index in [1.54, 1.807) is 4.68 Å². The van der Waals surface area contributed by atoms with E-state index in [4.69, 9.17) is 0 Å². The molecule has 0 aliphatic rings. The van der Waals surface area contributed by atoms with Crippen LogP contribution >= 0.6 is 0 Å². The van der Waals surface area contributed by atoms with Crippen LogP contribution in [0.15, 0.2) is 78.9 Å². The second-order valence-electron chi connectivity index (χ2n) is 6.64. The summed E-state index contributed by atoms with van der Waals surface area (Å²) in [5, 5.41) is 7.41. The van der Waals surface area contributed by atoms with E-state index < -0.39 is 0 Å². The minimum atomic E-state index is -0.335. The second kappa shape index (κ2) is 7.48. The van der Waals surface area contributed by atoms with E-state index in [1.807, 2.05) is 92.7 Å². The Morgan fingerprint density at radius 1 is 0.893 bits per heavy atom. The van der Waals surface area contributed by atoms with Crippen molar-refractivity contribution in [1.82, 2.24) is 14.8 Å². The van der Waals surface area contributed by atoms with Crippen LogP contribution in [0.2, 0.25) is 0 Å². The number of hydrogen-bond donors (Lipinski definition) is 1. The van der Waals surface area contributed by atoms with Gasteiger partial charge >= 0.3 is 0 Å². The summed E-state index contributed by atoms with van der Waals surface area (Å²) >= 11 is 0. The van der Waals surface area contributed by atoms with Crippen molar-refractivity contribution in [1.29, 1.82) is 0 Å². The zero-order valence-corrected chi connectivity index (χ0v) is 15.8. The van der Waals surface area contributed by atoms with Crippen molar-refractivity contribution in [2.75, 3.05) is 5.32 Å². The Hall–Kier alpha value is -3.73. The third kappa shape index (κ3) is 3.55. The van der Waals surface area contributed by atoms with Gasteiger partial charge in [-0.3, -0.25) is 4.79 Å². The number of nitrogens with zero attached hydrogens (tertiary/aromatic N) is 3. The van der Waals surface area contributed by atoms with Gasteiger partial charge in [0.1, 0.15) is 0 Å². The lowest BCUT2D eigenvalue weighted by molar-refractivity contribution is 0.101. The van der Waals surface area contributed by atoms with Gasteiger partial charge in [0, 0.05) is 11.3 Å². The molecule has 0 saturated heterocycles. The molecule has 0 unspecified atom stereocenters. The molecule has 0 saturated carbocycles. The average molecular weight is 368 g/mol. The topological polar surface area (TPSA) is 59.8 Å². The smallest absolute Gasteiger partial charge is 0.295 e. The first kappa shape index (κ1) is 17.7. The Balaban J connectivity index is 1.77. The number of aryl methyl sites for hydroxylation is 2. The van der Waals surface area contributed by atoms with Crippen LogP contribution in [0.1, 0.15) is 21.7 Å². The lowest BCUT2D eigenvalue weighted by atomic mass is 10.1. The third-order valence-electron chi connectivity index (χ3n) is 4.48. The largest absolute Gasteiger partial charge is 0.319 e. The first-order valence-electron chi connectivity index (χ1n) is 9.08. The number of amides is 1. The zero-order chi connectivity index (χ0) is 19.5. The van der Waals surface area contributed by atoms with E-state index in [1.165, 1.54) is 0 Å². The SMILES string of the molecule is Cc1cccc(-c2nc(C(=O)Nc3ccccc3C)nn2-c2ccccc2)c1. The van der Waals surface area contributed by atoms with Crippen LogP contribution in [0.25, 0.3) is 17.1 Å². The third-order valence-corrected chi connectivity index (χ3v) is 4.48. The average Bonchev–Trinajstić information content (AvgIpc) is 3.16. The summed E-state index contributed by atoms with van der Waals surface area (Å²) in [4.78, 5) is 17.4. The van der Waals surface area contributed by atoms with Crippen molar-refractivity contribution in [3.05, 3.63) is 95.8 Å². The number of carbonyl (C=O) groups is 1. The standard InChI is InChI=1S/C23H20N4O/c1-16-9-8-11-18(15-16)22-25-21(26-27(22)19-12-4-3-5-13-19)23(28)24-20-14-7-6-10-17(20)2/h3-15H,1-2H3,(H,24,28). The lowest BCUT2D eigenvalue weighted by Crippen LogP contribution is -2.15. The molecule has 0 fully saturated rings. The van der Waals surface area contributed by atoms with Crippen LogP contribution in [0.5, 0.6) is 0 Å². The fourth-order valence-electron chi connectivity index (χ4n) is 3.02. The Morgan fingerprint density at radius 3 is 2.39 bits per heavy atom. The minimum Gasteiger partial charge on any atom is -0.319 e. The molecular weight excluding hydrogens is 348 g/mol. The van der Waals surface area contributed by atoms with Crippen molar-refractivity contribution in [2.24, 2.45) is 0 Å². The Kier molecular flexibility index (Phi) is 4.72. The van der Waals surface area contributed by atoms with Crippen molar-refractivity contribution in [2.45, 2.75) is 13.8 Å². The van der Waals surface area contributed by atoms with E-state index >= 15 is 0 Å². The summed E-state index contributed by atoms with van der Waals surface area (Å²) in [5.74, 6) is 0.423. The van der Waals surface area contributed by atoms with Gasteiger partial charge in [-0.2, -0.15) is 0 Å². The number of benzene rings is 3. The van der Waals surface area contributed by atoms with E-state index in [2.05, 4.69) is 15.4 Å². The molecule has 138 valence electrons. The highest BCUT2D eigenvalue weighted by molar-refractivity contribution is 6.02. The van der Waals surface area contributed by atoms with Gasteiger partial charge < -0.3 is 5.32 Å². The molecular formula is C23H20N4O. The molecule has 4 rings (SSSR count). The molecule has 1 N–H and O–H groups in total. The van der Waals surface area contributed by atoms with Crippen LogP contribution in [0, 0.1) is 13.8 Å². The first-order valence-corrected chi connectivity index (χ1v) is 9.08. The summed E-state index contributed by atoms with van der Waals surface area (Å²) in [6, 6.07) is 25.3. The van der Waals surface area contributed by atoms with Gasteiger partial charge in [-0.25, -0.2) is 9.67 Å². The second-order valence-corrected chi connectivity index (χ2v) is 6.64. The quantitative estimate of drug-likeness (QED) is 0.563. The summed E-state index contributed by atoms with van der Waals surface area (Å²) in [5.41, 5.74) is 4.61. The molecule has 1 heterocycles. The van der Waals surface area contributed by atoms with Crippen LogP contribution in [0.3, 0.4) is 0 Å². The predicted octanol–water partition coefficient (Wildman–Crippen LogP) is 4.80. The number of rotatable bonds is 4. The van der Waals surface area contributed by atoms with Gasteiger partial charge in [-0.05, 0) is 43.7 Å². The van der Waals surface area contributed by atoms with Crippen LogP contribution < -0.4 is 5.32 Å². The number of aromatic nitrogens is 3. The molecule has 0 aliphatic carbocycles. The minimum absolute atomic E-state index is 0.128. The summed E-state index contributed by atoms with van der Waals surface area (Å²) < 4.78 is 1.71. The maximum absolute atomic E-state index is 12.8. The molecule has 0 radical (unpaired) electrons. The Labute approximate surface area is 163 Å². The van der Waals surface area contributed by atoms with Crippen LogP contribution in [-0.2, 0) is 0 Å². The fourth-order valence-corrected chi connectivity index (χ4v) is 3.02. The highest BCUT2D eigenvalue weighted by atomic mass is 16.2. The van der Waals surface area contributed by atoms with Gasteiger partial charge in [0.2, 0.25) is 5.82 Å². The van der Waals surface area contributed by atoms with Gasteiger partial charge in [0.15, 0.2) is 5.82 Å². The molecule has 5 heteroatoms.